The monoisotopic (exact) mass is 373 g/mol. The van der Waals surface area contributed by atoms with Crippen molar-refractivity contribution in [3.63, 3.8) is 0 Å². The Morgan fingerprint density at radius 1 is 1.17 bits per heavy atom. The molecule has 0 aliphatic heterocycles. The summed E-state index contributed by atoms with van der Waals surface area (Å²) >= 11 is 11.7. The second-order valence-corrected chi connectivity index (χ2v) is 7.51. The number of hydrogen-bond acceptors (Lipinski definition) is 4. The minimum Gasteiger partial charge on any atom is -0.482 e. The Hall–Kier alpha value is -1.76. The number of rotatable bonds is 5. The summed E-state index contributed by atoms with van der Waals surface area (Å²) in [6, 6.07) is 10.7. The molecule has 0 aliphatic rings. The van der Waals surface area contributed by atoms with Crippen LogP contribution in [0.2, 0.25) is 10.0 Å². The molecular weight excluding hydrogens is 361 g/mol. The van der Waals surface area contributed by atoms with Gasteiger partial charge in [-0.15, -0.1) is 0 Å². The molecule has 23 heavy (non-hydrogen) atoms. The van der Waals surface area contributed by atoms with E-state index in [2.05, 4.69) is 5.32 Å². The van der Waals surface area contributed by atoms with Crippen LogP contribution < -0.4 is 10.1 Å². The van der Waals surface area contributed by atoms with Crippen LogP contribution in [-0.2, 0) is 14.6 Å². The van der Waals surface area contributed by atoms with E-state index in [1.165, 1.54) is 18.2 Å². The van der Waals surface area contributed by atoms with Crippen molar-refractivity contribution in [3.05, 3.63) is 52.5 Å². The fourth-order valence-electron chi connectivity index (χ4n) is 1.82. The number of benzene rings is 2. The highest BCUT2D eigenvalue weighted by Crippen LogP contribution is 2.27. The highest BCUT2D eigenvalue weighted by Gasteiger charge is 2.15. The largest absolute Gasteiger partial charge is 0.482 e. The van der Waals surface area contributed by atoms with Gasteiger partial charge in [-0.2, -0.15) is 0 Å². The summed E-state index contributed by atoms with van der Waals surface area (Å²) in [6.45, 7) is -0.320. The van der Waals surface area contributed by atoms with E-state index < -0.39 is 15.7 Å². The molecule has 0 aliphatic carbocycles. The van der Waals surface area contributed by atoms with Gasteiger partial charge < -0.3 is 10.1 Å². The van der Waals surface area contributed by atoms with Gasteiger partial charge in [0.05, 0.1) is 15.6 Å². The first kappa shape index (κ1) is 17.6. The second kappa shape index (κ2) is 7.21. The van der Waals surface area contributed by atoms with Crippen molar-refractivity contribution in [2.45, 2.75) is 4.90 Å². The summed E-state index contributed by atoms with van der Waals surface area (Å²) in [5.74, 6) is -0.199. The Labute approximate surface area is 144 Å². The Bertz CT molecular complexity index is 837. The van der Waals surface area contributed by atoms with Crippen LogP contribution in [-0.4, -0.2) is 27.2 Å². The zero-order valence-corrected chi connectivity index (χ0v) is 14.4. The third kappa shape index (κ3) is 4.86. The zero-order valence-electron chi connectivity index (χ0n) is 12.0. The molecule has 0 unspecified atom stereocenters. The van der Waals surface area contributed by atoms with E-state index in [9.17, 15) is 13.2 Å². The molecule has 0 saturated carbocycles. The van der Waals surface area contributed by atoms with Crippen LogP contribution in [0.1, 0.15) is 0 Å². The van der Waals surface area contributed by atoms with Crippen molar-refractivity contribution >= 4 is 44.6 Å². The quantitative estimate of drug-likeness (QED) is 0.871. The first-order valence-electron chi connectivity index (χ1n) is 6.44. The van der Waals surface area contributed by atoms with E-state index >= 15 is 0 Å². The highest BCUT2D eigenvalue weighted by atomic mass is 35.5. The Morgan fingerprint density at radius 2 is 1.87 bits per heavy atom. The molecule has 1 N–H and O–H groups in total. The summed E-state index contributed by atoms with van der Waals surface area (Å²) in [5.41, 5.74) is 0.200. The third-order valence-corrected chi connectivity index (χ3v) is 4.50. The van der Waals surface area contributed by atoms with Gasteiger partial charge in [0, 0.05) is 11.3 Å². The minimum atomic E-state index is -3.45. The van der Waals surface area contributed by atoms with Crippen LogP contribution in [0.25, 0.3) is 0 Å². The van der Waals surface area contributed by atoms with Gasteiger partial charge in [0.1, 0.15) is 5.75 Å². The summed E-state index contributed by atoms with van der Waals surface area (Å²) in [5, 5.41) is 3.24. The molecule has 0 bridgehead atoms. The van der Waals surface area contributed by atoms with Crippen molar-refractivity contribution < 1.29 is 17.9 Å². The number of hydrogen-bond donors (Lipinski definition) is 1. The van der Waals surface area contributed by atoms with Crippen molar-refractivity contribution in [2.24, 2.45) is 0 Å². The Kier molecular flexibility index (Phi) is 5.51. The average Bonchev–Trinajstić information content (AvgIpc) is 2.46. The standard InChI is InChI=1S/C15H13Cl2NO4S/c1-23(20,21)14-5-3-2-4-12(14)18-15(19)9-22-13-7-6-10(16)8-11(13)17/h2-8H,9H2,1H3,(H,18,19). The van der Waals surface area contributed by atoms with Crippen LogP contribution >= 0.6 is 23.2 Å². The van der Waals surface area contributed by atoms with E-state index in [1.54, 1.807) is 24.3 Å². The molecule has 1 amide bonds. The first-order chi connectivity index (χ1) is 10.8. The Balaban J connectivity index is 2.06. The highest BCUT2D eigenvalue weighted by molar-refractivity contribution is 7.90. The van der Waals surface area contributed by atoms with Crippen molar-refractivity contribution in [1.82, 2.24) is 0 Å². The maximum absolute atomic E-state index is 11.9. The van der Waals surface area contributed by atoms with Crippen LogP contribution in [0.3, 0.4) is 0 Å². The zero-order chi connectivity index (χ0) is 17.0. The lowest BCUT2D eigenvalue weighted by Crippen LogP contribution is -2.21. The maximum Gasteiger partial charge on any atom is 0.262 e. The maximum atomic E-state index is 11.9. The topological polar surface area (TPSA) is 72.5 Å². The van der Waals surface area contributed by atoms with Crippen LogP contribution in [0.15, 0.2) is 47.4 Å². The number of sulfone groups is 1. The number of carbonyl (C=O) groups is 1. The van der Waals surface area contributed by atoms with Crippen LogP contribution in [0.5, 0.6) is 5.75 Å². The van der Waals surface area contributed by atoms with E-state index in [-0.39, 0.29) is 22.2 Å². The number of ether oxygens (including phenoxy) is 1. The van der Waals surface area contributed by atoms with E-state index in [0.717, 1.165) is 6.26 Å². The molecule has 0 saturated heterocycles. The number of nitrogens with one attached hydrogen (secondary N) is 1. The SMILES string of the molecule is CS(=O)(=O)c1ccccc1NC(=O)COc1ccc(Cl)cc1Cl. The van der Waals surface area contributed by atoms with Gasteiger partial charge in [-0.05, 0) is 30.3 Å². The normalized spacial score (nSPS) is 11.1. The van der Waals surface area contributed by atoms with Gasteiger partial charge in [-0.3, -0.25) is 4.79 Å². The average molecular weight is 374 g/mol. The molecule has 8 heteroatoms. The van der Waals surface area contributed by atoms with E-state index in [4.69, 9.17) is 27.9 Å². The lowest BCUT2D eigenvalue weighted by molar-refractivity contribution is -0.118. The third-order valence-electron chi connectivity index (χ3n) is 2.81. The number of carbonyl (C=O) groups excluding carboxylic acids is 1. The number of para-hydroxylation sites is 1. The summed E-state index contributed by atoms with van der Waals surface area (Å²) in [6.07, 6.45) is 1.07. The molecule has 0 heterocycles. The second-order valence-electron chi connectivity index (χ2n) is 4.68. The molecule has 2 rings (SSSR count). The Morgan fingerprint density at radius 3 is 2.52 bits per heavy atom. The fraction of sp³-hybridized carbons (Fsp3) is 0.133. The molecule has 0 radical (unpaired) electrons. The van der Waals surface area contributed by atoms with Gasteiger partial charge in [0.2, 0.25) is 0 Å². The molecular formula is C15H13Cl2NO4S. The fourth-order valence-corrected chi connectivity index (χ4v) is 3.12. The number of amides is 1. The molecule has 0 spiro atoms. The van der Waals surface area contributed by atoms with Crippen LogP contribution in [0, 0.1) is 0 Å². The number of halogens is 2. The molecule has 0 atom stereocenters. The number of anilines is 1. The summed E-state index contributed by atoms with van der Waals surface area (Å²) in [7, 11) is -3.45. The molecule has 2 aromatic rings. The van der Waals surface area contributed by atoms with E-state index in [0.29, 0.717) is 10.8 Å². The molecule has 0 aromatic heterocycles. The van der Waals surface area contributed by atoms with Crippen molar-refractivity contribution in [3.8, 4) is 5.75 Å². The van der Waals surface area contributed by atoms with Gasteiger partial charge in [0.25, 0.3) is 5.91 Å². The van der Waals surface area contributed by atoms with Gasteiger partial charge >= 0.3 is 0 Å². The van der Waals surface area contributed by atoms with Crippen LogP contribution in [0.4, 0.5) is 5.69 Å². The summed E-state index contributed by atoms with van der Waals surface area (Å²) in [4.78, 5) is 12.0. The molecule has 2 aromatic carbocycles. The predicted octanol–water partition coefficient (Wildman–Crippen LogP) is 3.41. The molecule has 0 fully saturated rings. The van der Waals surface area contributed by atoms with E-state index in [1.807, 2.05) is 0 Å². The first-order valence-corrected chi connectivity index (χ1v) is 9.09. The molecule has 5 nitrogen and oxygen atoms in total. The minimum absolute atomic E-state index is 0.0397. The van der Waals surface area contributed by atoms with Gasteiger partial charge in [-0.1, -0.05) is 35.3 Å². The van der Waals surface area contributed by atoms with Gasteiger partial charge in [-0.25, -0.2) is 8.42 Å². The van der Waals surface area contributed by atoms with Crippen molar-refractivity contribution in [2.75, 3.05) is 18.2 Å². The lowest BCUT2D eigenvalue weighted by Gasteiger charge is -2.11. The van der Waals surface area contributed by atoms with Gasteiger partial charge in [0.15, 0.2) is 16.4 Å². The van der Waals surface area contributed by atoms with Crippen molar-refractivity contribution in [1.29, 1.82) is 0 Å². The lowest BCUT2D eigenvalue weighted by atomic mass is 10.3. The summed E-state index contributed by atoms with van der Waals surface area (Å²) < 4.78 is 28.7. The molecule has 122 valence electrons. The predicted molar refractivity (Wildman–Crippen MR) is 90.1 cm³/mol. The smallest absolute Gasteiger partial charge is 0.262 e.